The van der Waals surface area contributed by atoms with Crippen LogP contribution in [-0.2, 0) is 0 Å². The van der Waals surface area contributed by atoms with Gasteiger partial charge in [-0.2, -0.15) is 0 Å². The van der Waals surface area contributed by atoms with Crippen LogP contribution in [0.25, 0.3) is 88.5 Å². The van der Waals surface area contributed by atoms with Crippen LogP contribution in [0.1, 0.15) is 0 Å². The van der Waals surface area contributed by atoms with E-state index >= 15 is 0 Å². The van der Waals surface area contributed by atoms with Gasteiger partial charge in [0.05, 0.1) is 5.39 Å². The Morgan fingerprint density at radius 2 is 1.07 bits per heavy atom. The minimum Gasteiger partial charge on any atom is -0.454 e. The Balaban J connectivity index is 1.33. The highest BCUT2D eigenvalue weighted by Crippen LogP contribution is 2.38. The number of hydrogen-bond acceptors (Lipinski definition) is 5. The molecule has 0 fully saturated rings. The summed E-state index contributed by atoms with van der Waals surface area (Å²) in [5.41, 5.74) is 5.00. The first-order valence-corrected chi connectivity index (χ1v) is 14.2. The van der Waals surface area contributed by atoms with Gasteiger partial charge in [0.2, 0.25) is 0 Å². The molecule has 3 heterocycles. The maximum Gasteiger partial charge on any atom is 0.164 e. The molecule has 0 saturated carbocycles. The van der Waals surface area contributed by atoms with Crippen LogP contribution in [0.2, 0.25) is 0 Å². The lowest BCUT2D eigenvalue weighted by atomic mass is 9.95. The van der Waals surface area contributed by atoms with Crippen molar-refractivity contribution < 1.29 is 4.42 Å². The highest BCUT2D eigenvalue weighted by Gasteiger charge is 2.19. The first kappa shape index (κ1) is 23.7. The first-order chi connectivity index (χ1) is 21.3. The van der Waals surface area contributed by atoms with Gasteiger partial charge in [0, 0.05) is 22.9 Å². The molecule has 0 N–H and O–H groups in total. The zero-order chi connectivity index (χ0) is 28.3. The summed E-state index contributed by atoms with van der Waals surface area (Å²) in [6, 6.07) is 43.5. The topological polar surface area (TPSA) is 64.7 Å². The van der Waals surface area contributed by atoms with Gasteiger partial charge in [-0.1, -0.05) is 109 Å². The average Bonchev–Trinajstić information content (AvgIpc) is 3.47. The molecular weight excluding hydrogens is 528 g/mol. The molecule has 6 aromatic carbocycles. The lowest BCUT2D eigenvalue weighted by Crippen LogP contribution is -2.01. The van der Waals surface area contributed by atoms with Gasteiger partial charge < -0.3 is 4.42 Å². The van der Waals surface area contributed by atoms with Crippen molar-refractivity contribution in [3.8, 4) is 34.2 Å². The lowest BCUT2D eigenvalue weighted by molar-refractivity contribution is 0.668. The monoisotopic (exact) mass is 550 g/mol. The zero-order valence-electron chi connectivity index (χ0n) is 22.9. The number of benzene rings is 6. The van der Waals surface area contributed by atoms with Gasteiger partial charge >= 0.3 is 0 Å². The highest BCUT2D eigenvalue weighted by molar-refractivity contribution is 6.19. The summed E-state index contributed by atoms with van der Waals surface area (Å²) in [6.45, 7) is 0. The van der Waals surface area contributed by atoms with E-state index in [1.807, 2.05) is 60.7 Å². The summed E-state index contributed by atoms with van der Waals surface area (Å²) in [4.78, 5) is 19.8. The number of nitrogens with zero attached hydrogens (tertiary/aromatic N) is 4. The molecule has 0 spiro atoms. The molecule has 43 heavy (non-hydrogen) atoms. The number of hydrogen-bond donors (Lipinski definition) is 0. The summed E-state index contributed by atoms with van der Waals surface area (Å²) < 4.78 is 6.14. The minimum atomic E-state index is 0.576. The summed E-state index contributed by atoms with van der Waals surface area (Å²) in [5, 5.41) is 8.06. The van der Waals surface area contributed by atoms with E-state index in [1.165, 1.54) is 21.5 Å². The number of pyridine rings is 1. The fourth-order valence-corrected chi connectivity index (χ4v) is 6.21. The molecule has 5 nitrogen and oxygen atoms in total. The van der Waals surface area contributed by atoms with Crippen LogP contribution < -0.4 is 0 Å². The third-order valence-electron chi connectivity index (χ3n) is 8.19. The largest absolute Gasteiger partial charge is 0.454 e. The fourth-order valence-electron chi connectivity index (χ4n) is 6.21. The molecule has 9 aromatic rings. The van der Waals surface area contributed by atoms with Gasteiger partial charge in [0.15, 0.2) is 23.1 Å². The molecule has 5 heteroatoms. The Morgan fingerprint density at radius 1 is 0.419 bits per heavy atom. The minimum absolute atomic E-state index is 0.576. The first-order valence-electron chi connectivity index (χ1n) is 14.2. The molecule has 0 aliphatic heterocycles. The van der Waals surface area contributed by atoms with E-state index in [4.69, 9.17) is 19.4 Å². The van der Waals surface area contributed by atoms with Gasteiger partial charge in [0.1, 0.15) is 11.1 Å². The van der Waals surface area contributed by atoms with E-state index in [0.717, 1.165) is 49.5 Å². The SMILES string of the molecule is c1ccc(-c2nc(-c3cccc4c3ccc3c5ccccc5ccc43)nc(-c3cccc4oc5cccnc5c34)n2)cc1. The van der Waals surface area contributed by atoms with Crippen LogP contribution in [0, 0.1) is 0 Å². The van der Waals surface area contributed by atoms with Crippen LogP contribution in [0.5, 0.6) is 0 Å². The van der Waals surface area contributed by atoms with Crippen molar-refractivity contribution in [2.45, 2.75) is 0 Å². The molecule has 0 unspecified atom stereocenters. The van der Waals surface area contributed by atoms with Crippen LogP contribution in [-0.4, -0.2) is 19.9 Å². The maximum absolute atomic E-state index is 6.14. The van der Waals surface area contributed by atoms with Gasteiger partial charge in [-0.25, -0.2) is 15.0 Å². The van der Waals surface area contributed by atoms with Crippen molar-refractivity contribution >= 4 is 54.4 Å². The second-order valence-corrected chi connectivity index (χ2v) is 10.7. The summed E-state index contributed by atoms with van der Waals surface area (Å²) in [6.07, 6.45) is 1.78. The van der Waals surface area contributed by atoms with E-state index in [2.05, 4.69) is 71.7 Å². The number of furan rings is 1. The molecular formula is C38H22N4O. The van der Waals surface area contributed by atoms with E-state index in [9.17, 15) is 0 Å². The maximum atomic E-state index is 6.14. The normalized spacial score (nSPS) is 11.7. The van der Waals surface area contributed by atoms with Gasteiger partial charge in [0.25, 0.3) is 0 Å². The van der Waals surface area contributed by atoms with Gasteiger partial charge in [-0.15, -0.1) is 0 Å². The fraction of sp³-hybridized carbons (Fsp3) is 0. The van der Waals surface area contributed by atoms with E-state index in [0.29, 0.717) is 17.5 Å². The summed E-state index contributed by atoms with van der Waals surface area (Å²) >= 11 is 0. The van der Waals surface area contributed by atoms with E-state index in [1.54, 1.807) is 6.20 Å². The molecule has 0 atom stereocenters. The van der Waals surface area contributed by atoms with E-state index < -0.39 is 0 Å². The Hall–Kier alpha value is -5.94. The molecule has 0 saturated heterocycles. The molecule has 0 aliphatic rings. The molecule has 0 radical (unpaired) electrons. The van der Waals surface area contributed by atoms with Crippen molar-refractivity contribution in [1.82, 2.24) is 19.9 Å². The summed E-state index contributed by atoms with van der Waals surface area (Å²) in [7, 11) is 0. The second kappa shape index (κ2) is 9.29. The van der Waals surface area contributed by atoms with Crippen molar-refractivity contribution in [3.63, 3.8) is 0 Å². The third kappa shape index (κ3) is 3.72. The Kier molecular flexibility index (Phi) is 5.13. The third-order valence-corrected chi connectivity index (χ3v) is 8.19. The predicted octanol–water partition coefficient (Wildman–Crippen LogP) is 9.63. The molecule has 200 valence electrons. The molecule has 0 amide bonds. The van der Waals surface area contributed by atoms with Crippen LogP contribution >= 0.6 is 0 Å². The second-order valence-electron chi connectivity index (χ2n) is 10.7. The smallest absolute Gasteiger partial charge is 0.164 e. The number of rotatable bonds is 3. The number of aromatic nitrogens is 4. The standard InChI is InChI=1S/C38H22N4O/c1-2-10-24(11-3-1)36-40-37(42-38(41-36)31-15-7-16-32-34(31)35-33(43-32)17-8-22-39-35)30-14-6-13-26-28-19-18-23-9-4-5-12-25(23)27(28)20-21-29(26)30/h1-22H. The average molecular weight is 551 g/mol. The van der Waals surface area contributed by atoms with Crippen LogP contribution in [0.15, 0.2) is 138 Å². The Morgan fingerprint density at radius 3 is 2.00 bits per heavy atom. The molecule has 9 rings (SSSR count). The van der Waals surface area contributed by atoms with Gasteiger partial charge in [-0.3, -0.25) is 4.98 Å². The quantitative estimate of drug-likeness (QED) is 0.205. The summed E-state index contributed by atoms with van der Waals surface area (Å²) in [5.74, 6) is 1.81. The highest BCUT2D eigenvalue weighted by atomic mass is 16.3. The molecule has 0 aliphatic carbocycles. The van der Waals surface area contributed by atoms with Crippen molar-refractivity contribution in [3.05, 3.63) is 134 Å². The van der Waals surface area contributed by atoms with Crippen molar-refractivity contribution in [1.29, 1.82) is 0 Å². The lowest BCUT2D eigenvalue weighted by Gasteiger charge is -2.12. The van der Waals surface area contributed by atoms with Crippen molar-refractivity contribution in [2.75, 3.05) is 0 Å². The Labute approximate surface area is 246 Å². The number of fused-ring (bicyclic) bond motifs is 8. The van der Waals surface area contributed by atoms with Crippen molar-refractivity contribution in [2.24, 2.45) is 0 Å². The van der Waals surface area contributed by atoms with Crippen LogP contribution in [0.4, 0.5) is 0 Å². The zero-order valence-corrected chi connectivity index (χ0v) is 22.9. The van der Waals surface area contributed by atoms with Crippen LogP contribution in [0.3, 0.4) is 0 Å². The molecule has 3 aromatic heterocycles. The Bertz CT molecular complexity index is 2520. The van der Waals surface area contributed by atoms with E-state index in [-0.39, 0.29) is 0 Å². The molecule has 0 bridgehead atoms. The predicted molar refractivity (Wildman–Crippen MR) is 174 cm³/mol. The van der Waals surface area contributed by atoms with Gasteiger partial charge in [-0.05, 0) is 50.5 Å².